The van der Waals surface area contributed by atoms with Gasteiger partial charge < -0.3 is 5.73 Å². The van der Waals surface area contributed by atoms with Gasteiger partial charge in [-0.3, -0.25) is 9.88 Å². The molecule has 2 N–H and O–H groups in total. The van der Waals surface area contributed by atoms with Crippen molar-refractivity contribution in [3.8, 4) is 0 Å². The maximum Gasteiger partial charge on any atom is 0.0547 e. The lowest BCUT2D eigenvalue weighted by molar-refractivity contribution is 0.315. The Balaban J connectivity index is 2.01. The standard InChI is InChI=1S/C15H18BrN3/c1-11-4-3-5-13(18-11)10-19(2)9-12-6-7-15(17)14(16)8-12/h3-8H,9-10,17H2,1-2H3. The first kappa shape index (κ1) is 14.0. The van der Waals surface area contributed by atoms with Crippen molar-refractivity contribution in [3.63, 3.8) is 0 Å². The molecule has 3 nitrogen and oxygen atoms in total. The van der Waals surface area contributed by atoms with Gasteiger partial charge in [-0.15, -0.1) is 0 Å². The van der Waals surface area contributed by atoms with E-state index in [-0.39, 0.29) is 0 Å². The fourth-order valence-electron chi connectivity index (χ4n) is 2.00. The van der Waals surface area contributed by atoms with Crippen molar-refractivity contribution in [1.29, 1.82) is 0 Å². The monoisotopic (exact) mass is 319 g/mol. The molecule has 0 bridgehead atoms. The first-order valence-electron chi connectivity index (χ1n) is 6.19. The Morgan fingerprint density at radius 3 is 2.68 bits per heavy atom. The van der Waals surface area contributed by atoms with E-state index in [0.29, 0.717) is 0 Å². The lowest BCUT2D eigenvalue weighted by Crippen LogP contribution is -2.18. The maximum absolute atomic E-state index is 5.79. The predicted octanol–water partition coefficient (Wildman–Crippen LogP) is 3.37. The molecule has 0 aliphatic heterocycles. The van der Waals surface area contributed by atoms with Gasteiger partial charge in [-0.1, -0.05) is 12.1 Å². The summed E-state index contributed by atoms with van der Waals surface area (Å²) in [6, 6.07) is 12.2. The molecular formula is C15H18BrN3. The van der Waals surface area contributed by atoms with E-state index in [4.69, 9.17) is 5.73 Å². The maximum atomic E-state index is 5.79. The molecule has 1 heterocycles. The average Bonchev–Trinajstić information content (AvgIpc) is 2.34. The van der Waals surface area contributed by atoms with Crippen LogP contribution in [0.3, 0.4) is 0 Å². The van der Waals surface area contributed by atoms with E-state index in [2.05, 4.69) is 51.1 Å². The van der Waals surface area contributed by atoms with Crippen molar-refractivity contribution < 1.29 is 0 Å². The van der Waals surface area contributed by atoms with E-state index in [1.165, 1.54) is 5.56 Å². The van der Waals surface area contributed by atoms with Crippen molar-refractivity contribution in [2.75, 3.05) is 12.8 Å². The molecule has 1 aromatic carbocycles. The Morgan fingerprint density at radius 2 is 2.00 bits per heavy atom. The largest absolute Gasteiger partial charge is 0.398 e. The summed E-state index contributed by atoms with van der Waals surface area (Å²) in [5, 5.41) is 0. The van der Waals surface area contributed by atoms with Crippen LogP contribution in [0.5, 0.6) is 0 Å². The van der Waals surface area contributed by atoms with Gasteiger partial charge >= 0.3 is 0 Å². The number of hydrogen-bond acceptors (Lipinski definition) is 3. The van der Waals surface area contributed by atoms with Gasteiger partial charge in [0, 0.05) is 28.9 Å². The molecule has 0 saturated heterocycles. The van der Waals surface area contributed by atoms with Gasteiger partial charge in [0.05, 0.1) is 5.69 Å². The number of rotatable bonds is 4. The van der Waals surface area contributed by atoms with Crippen LogP contribution in [-0.2, 0) is 13.1 Å². The Bertz CT molecular complexity index is 569. The Kier molecular flexibility index (Phi) is 4.56. The number of anilines is 1. The number of aromatic nitrogens is 1. The lowest BCUT2D eigenvalue weighted by atomic mass is 10.2. The third kappa shape index (κ3) is 4.04. The van der Waals surface area contributed by atoms with Crippen LogP contribution in [-0.4, -0.2) is 16.9 Å². The highest BCUT2D eigenvalue weighted by Crippen LogP contribution is 2.21. The van der Waals surface area contributed by atoms with Crippen molar-refractivity contribution in [2.24, 2.45) is 0 Å². The van der Waals surface area contributed by atoms with Crippen molar-refractivity contribution in [2.45, 2.75) is 20.0 Å². The van der Waals surface area contributed by atoms with Crippen molar-refractivity contribution in [1.82, 2.24) is 9.88 Å². The minimum atomic E-state index is 0.770. The van der Waals surface area contributed by atoms with E-state index < -0.39 is 0 Å². The number of benzene rings is 1. The van der Waals surface area contributed by atoms with Crippen LogP contribution in [0, 0.1) is 6.92 Å². The molecule has 0 radical (unpaired) electrons. The van der Waals surface area contributed by atoms with E-state index in [1.54, 1.807) is 0 Å². The molecule has 0 saturated carbocycles. The molecule has 0 aliphatic rings. The number of pyridine rings is 1. The zero-order valence-corrected chi connectivity index (χ0v) is 12.8. The van der Waals surface area contributed by atoms with Gasteiger partial charge in [0.1, 0.15) is 0 Å². The normalized spacial score (nSPS) is 10.9. The van der Waals surface area contributed by atoms with Crippen LogP contribution in [0.15, 0.2) is 40.9 Å². The summed E-state index contributed by atoms with van der Waals surface area (Å²) in [7, 11) is 2.09. The molecule has 1 aromatic heterocycles. The van der Waals surface area contributed by atoms with Gasteiger partial charge in [0.25, 0.3) is 0 Å². The molecule has 0 atom stereocenters. The van der Waals surface area contributed by atoms with E-state index in [0.717, 1.165) is 34.6 Å². The zero-order valence-electron chi connectivity index (χ0n) is 11.2. The average molecular weight is 320 g/mol. The predicted molar refractivity (Wildman–Crippen MR) is 82.7 cm³/mol. The van der Waals surface area contributed by atoms with E-state index in [9.17, 15) is 0 Å². The highest BCUT2D eigenvalue weighted by Gasteiger charge is 2.04. The molecule has 0 amide bonds. The van der Waals surface area contributed by atoms with Crippen LogP contribution < -0.4 is 5.73 Å². The third-order valence-electron chi connectivity index (χ3n) is 2.90. The summed E-state index contributed by atoms with van der Waals surface area (Å²) in [5.41, 5.74) is 9.94. The van der Waals surface area contributed by atoms with Gasteiger partial charge in [-0.05, 0) is 59.7 Å². The number of halogens is 1. The number of aryl methyl sites for hydroxylation is 1. The highest BCUT2D eigenvalue weighted by atomic mass is 79.9. The SMILES string of the molecule is Cc1cccc(CN(C)Cc2ccc(N)c(Br)c2)n1. The lowest BCUT2D eigenvalue weighted by Gasteiger charge is -2.17. The molecule has 2 aromatic rings. The summed E-state index contributed by atoms with van der Waals surface area (Å²) in [6.07, 6.45) is 0. The number of nitrogens with two attached hydrogens (primary N) is 1. The number of nitrogen functional groups attached to an aromatic ring is 1. The second-order valence-electron chi connectivity index (χ2n) is 4.80. The summed E-state index contributed by atoms with van der Waals surface area (Å²) in [4.78, 5) is 6.75. The first-order chi connectivity index (χ1) is 9.04. The summed E-state index contributed by atoms with van der Waals surface area (Å²) >= 11 is 3.46. The van der Waals surface area contributed by atoms with Crippen LogP contribution in [0.25, 0.3) is 0 Å². The van der Waals surface area contributed by atoms with E-state index >= 15 is 0 Å². The smallest absolute Gasteiger partial charge is 0.0547 e. The fourth-order valence-corrected chi connectivity index (χ4v) is 2.43. The van der Waals surface area contributed by atoms with Crippen LogP contribution in [0.1, 0.15) is 17.0 Å². The number of hydrogen-bond donors (Lipinski definition) is 1. The first-order valence-corrected chi connectivity index (χ1v) is 6.99. The van der Waals surface area contributed by atoms with Gasteiger partial charge in [0.2, 0.25) is 0 Å². The second kappa shape index (κ2) is 6.17. The van der Waals surface area contributed by atoms with Gasteiger partial charge in [-0.2, -0.15) is 0 Å². The summed E-state index contributed by atoms with van der Waals surface area (Å²) < 4.78 is 0.951. The molecule has 0 aliphatic carbocycles. The minimum absolute atomic E-state index is 0.770. The van der Waals surface area contributed by atoms with Crippen molar-refractivity contribution in [3.05, 3.63) is 57.8 Å². The molecule has 19 heavy (non-hydrogen) atoms. The minimum Gasteiger partial charge on any atom is -0.398 e. The number of nitrogens with zero attached hydrogens (tertiary/aromatic N) is 2. The topological polar surface area (TPSA) is 42.1 Å². The Labute approximate surface area is 122 Å². The highest BCUT2D eigenvalue weighted by molar-refractivity contribution is 9.10. The molecular weight excluding hydrogens is 302 g/mol. The zero-order chi connectivity index (χ0) is 13.8. The Hall–Kier alpha value is -1.39. The molecule has 4 heteroatoms. The summed E-state index contributed by atoms with van der Waals surface area (Å²) in [6.45, 7) is 3.72. The van der Waals surface area contributed by atoms with Crippen molar-refractivity contribution >= 4 is 21.6 Å². The Morgan fingerprint density at radius 1 is 1.21 bits per heavy atom. The molecule has 0 fully saturated rings. The van der Waals surface area contributed by atoms with Gasteiger partial charge in [-0.25, -0.2) is 0 Å². The van der Waals surface area contributed by atoms with Crippen LogP contribution in [0.4, 0.5) is 5.69 Å². The van der Waals surface area contributed by atoms with Crippen LogP contribution >= 0.6 is 15.9 Å². The van der Waals surface area contributed by atoms with E-state index in [1.807, 2.05) is 25.1 Å². The van der Waals surface area contributed by atoms with Crippen LogP contribution in [0.2, 0.25) is 0 Å². The molecule has 2 rings (SSSR count). The second-order valence-corrected chi connectivity index (χ2v) is 5.65. The molecule has 0 unspecified atom stereocenters. The van der Waals surface area contributed by atoms with Gasteiger partial charge in [0.15, 0.2) is 0 Å². The fraction of sp³-hybridized carbons (Fsp3) is 0.267. The molecule has 100 valence electrons. The summed E-state index contributed by atoms with van der Waals surface area (Å²) in [5.74, 6) is 0. The molecule has 0 spiro atoms. The third-order valence-corrected chi connectivity index (χ3v) is 3.58. The quantitative estimate of drug-likeness (QED) is 0.878.